The summed E-state index contributed by atoms with van der Waals surface area (Å²) in [6.45, 7) is 0. The van der Waals surface area contributed by atoms with Crippen LogP contribution in [0.5, 0.6) is 5.75 Å². The summed E-state index contributed by atoms with van der Waals surface area (Å²) in [7, 11) is 3.08. The molecular formula is C12H14N4O2. The summed E-state index contributed by atoms with van der Waals surface area (Å²) >= 11 is 0. The van der Waals surface area contributed by atoms with Gasteiger partial charge in [0.25, 0.3) is 6.02 Å². The summed E-state index contributed by atoms with van der Waals surface area (Å²) < 4.78 is 9.85. The third-order valence-electron chi connectivity index (χ3n) is 2.40. The van der Waals surface area contributed by atoms with E-state index in [4.69, 9.17) is 15.2 Å². The molecule has 1 aromatic heterocycles. The molecule has 3 N–H and O–H groups in total. The molecule has 94 valence electrons. The van der Waals surface area contributed by atoms with Crippen molar-refractivity contribution in [3.63, 3.8) is 0 Å². The molecule has 2 rings (SSSR count). The van der Waals surface area contributed by atoms with Gasteiger partial charge in [0, 0.05) is 6.07 Å². The van der Waals surface area contributed by atoms with E-state index in [-0.39, 0.29) is 6.02 Å². The Morgan fingerprint density at radius 1 is 1.28 bits per heavy atom. The van der Waals surface area contributed by atoms with Crippen molar-refractivity contribution in [2.75, 3.05) is 14.2 Å². The van der Waals surface area contributed by atoms with Crippen LogP contribution in [0.15, 0.2) is 35.3 Å². The van der Waals surface area contributed by atoms with Gasteiger partial charge in [0.2, 0.25) is 0 Å². The number of benzene rings is 1. The first kappa shape index (κ1) is 12.0. The van der Waals surface area contributed by atoms with Crippen molar-refractivity contribution in [3.05, 3.63) is 30.3 Å². The van der Waals surface area contributed by atoms with Gasteiger partial charge in [-0.05, 0) is 29.8 Å². The van der Waals surface area contributed by atoms with Crippen molar-refractivity contribution in [3.8, 4) is 17.0 Å². The highest BCUT2D eigenvalue weighted by atomic mass is 16.5. The maximum atomic E-state index is 5.45. The zero-order chi connectivity index (χ0) is 13.0. The van der Waals surface area contributed by atoms with Crippen LogP contribution in [0.4, 0.5) is 5.82 Å². The Morgan fingerprint density at radius 3 is 2.61 bits per heavy atom. The molecule has 0 atom stereocenters. The van der Waals surface area contributed by atoms with E-state index in [1.165, 1.54) is 7.11 Å². The fraction of sp³-hybridized carbons (Fsp3) is 0.167. The number of aromatic nitrogens is 2. The van der Waals surface area contributed by atoms with Gasteiger partial charge >= 0.3 is 0 Å². The summed E-state index contributed by atoms with van der Waals surface area (Å²) in [5, 5.41) is 6.90. The molecule has 0 radical (unpaired) electrons. The molecule has 2 aromatic rings. The fourth-order valence-corrected chi connectivity index (χ4v) is 1.45. The second-order valence-electron chi connectivity index (χ2n) is 3.52. The number of nitrogens with one attached hydrogen (secondary N) is 1. The highest BCUT2D eigenvalue weighted by Gasteiger charge is 2.03. The highest BCUT2D eigenvalue weighted by molar-refractivity contribution is 5.75. The van der Waals surface area contributed by atoms with Gasteiger partial charge in [0.1, 0.15) is 5.75 Å². The molecule has 0 aliphatic heterocycles. The molecule has 0 spiro atoms. The van der Waals surface area contributed by atoms with Crippen LogP contribution in [-0.2, 0) is 4.74 Å². The third kappa shape index (κ3) is 2.60. The predicted octanol–water partition coefficient (Wildman–Crippen LogP) is 1.68. The largest absolute Gasteiger partial charge is 0.497 e. The number of H-pyrrole nitrogens is 1. The molecular weight excluding hydrogens is 232 g/mol. The maximum Gasteiger partial charge on any atom is 0.288 e. The van der Waals surface area contributed by atoms with Gasteiger partial charge in [0.05, 0.1) is 19.9 Å². The van der Waals surface area contributed by atoms with E-state index in [2.05, 4.69) is 15.2 Å². The number of hydrogen-bond donors (Lipinski definition) is 2. The summed E-state index contributed by atoms with van der Waals surface area (Å²) in [5.74, 6) is 1.28. The second kappa shape index (κ2) is 5.22. The SMILES string of the molecule is COC(N)=Nc1cc(-c2ccc(OC)cc2)[nH]n1. The van der Waals surface area contributed by atoms with E-state index in [1.54, 1.807) is 13.2 Å². The summed E-state index contributed by atoms with van der Waals surface area (Å²) in [6.07, 6.45) is 0. The first-order valence-electron chi connectivity index (χ1n) is 5.31. The van der Waals surface area contributed by atoms with Gasteiger partial charge in [0.15, 0.2) is 5.82 Å². The quantitative estimate of drug-likeness (QED) is 0.637. The van der Waals surface area contributed by atoms with Crippen molar-refractivity contribution >= 4 is 11.8 Å². The van der Waals surface area contributed by atoms with Gasteiger partial charge in [-0.25, -0.2) is 0 Å². The number of aliphatic imine (C=N–C) groups is 1. The fourth-order valence-electron chi connectivity index (χ4n) is 1.45. The van der Waals surface area contributed by atoms with Crippen LogP contribution in [0.3, 0.4) is 0 Å². The first-order valence-corrected chi connectivity index (χ1v) is 5.31. The van der Waals surface area contributed by atoms with Gasteiger partial charge < -0.3 is 15.2 Å². The van der Waals surface area contributed by atoms with E-state index in [1.807, 2.05) is 24.3 Å². The normalized spacial score (nSPS) is 11.3. The van der Waals surface area contributed by atoms with E-state index in [9.17, 15) is 0 Å². The molecule has 0 bridgehead atoms. The summed E-state index contributed by atoms with van der Waals surface area (Å²) in [5.41, 5.74) is 7.28. The van der Waals surface area contributed by atoms with Crippen LogP contribution < -0.4 is 10.5 Å². The van der Waals surface area contributed by atoms with Gasteiger partial charge in [-0.2, -0.15) is 10.1 Å². The Balaban J connectivity index is 2.23. The average molecular weight is 246 g/mol. The molecule has 0 amide bonds. The summed E-state index contributed by atoms with van der Waals surface area (Å²) in [4.78, 5) is 3.96. The zero-order valence-electron chi connectivity index (χ0n) is 10.2. The molecule has 0 unspecified atom stereocenters. The molecule has 1 heterocycles. The molecule has 1 aromatic carbocycles. The lowest BCUT2D eigenvalue weighted by atomic mass is 10.1. The minimum atomic E-state index is 0.0720. The number of rotatable bonds is 3. The lowest BCUT2D eigenvalue weighted by Crippen LogP contribution is -2.12. The van der Waals surface area contributed by atoms with E-state index in [0.29, 0.717) is 5.82 Å². The van der Waals surface area contributed by atoms with Crippen molar-refractivity contribution in [2.24, 2.45) is 10.7 Å². The van der Waals surface area contributed by atoms with E-state index < -0.39 is 0 Å². The van der Waals surface area contributed by atoms with Crippen molar-refractivity contribution < 1.29 is 9.47 Å². The number of nitrogens with zero attached hydrogens (tertiary/aromatic N) is 2. The molecule has 6 heteroatoms. The second-order valence-corrected chi connectivity index (χ2v) is 3.52. The minimum absolute atomic E-state index is 0.0720. The monoisotopic (exact) mass is 246 g/mol. The molecule has 0 aliphatic carbocycles. The van der Waals surface area contributed by atoms with Crippen LogP contribution in [0.1, 0.15) is 0 Å². The van der Waals surface area contributed by atoms with E-state index in [0.717, 1.165) is 17.0 Å². The standard InChI is InChI=1S/C12H14N4O2/c1-17-9-5-3-8(4-6-9)10-7-11(16-15-10)14-12(13)18-2/h3-7H,1-2H3,(H3,13,14,15,16). The Hall–Kier alpha value is -2.50. The lowest BCUT2D eigenvalue weighted by Gasteiger charge is -2.00. The number of aromatic amines is 1. The number of methoxy groups -OCH3 is 2. The third-order valence-corrected chi connectivity index (χ3v) is 2.40. The Labute approximate surface area is 104 Å². The summed E-state index contributed by atoms with van der Waals surface area (Å²) in [6, 6.07) is 9.47. The Kier molecular flexibility index (Phi) is 3.47. The highest BCUT2D eigenvalue weighted by Crippen LogP contribution is 2.23. The van der Waals surface area contributed by atoms with Crippen LogP contribution in [0, 0.1) is 0 Å². The molecule has 0 aliphatic rings. The van der Waals surface area contributed by atoms with Crippen molar-refractivity contribution in [1.82, 2.24) is 10.2 Å². The van der Waals surface area contributed by atoms with Crippen LogP contribution in [0.2, 0.25) is 0 Å². The minimum Gasteiger partial charge on any atom is -0.497 e. The smallest absolute Gasteiger partial charge is 0.288 e. The Morgan fingerprint density at radius 2 is 2.00 bits per heavy atom. The molecule has 18 heavy (non-hydrogen) atoms. The molecule has 0 saturated heterocycles. The van der Waals surface area contributed by atoms with E-state index >= 15 is 0 Å². The molecule has 0 fully saturated rings. The van der Waals surface area contributed by atoms with Crippen molar-refractivity contribution in [1.29, 1.82) is 0 Å². The average Bonchev–Trinajstić information content (AvgIpc) is 2.87. The van der Waals surface area contributed by atoms with Gasteiger partial charge in [-0.15, -0.1) is 0 Å². The maximum absolute atomic E-state index is 5.45. The number of hydrogen-bond acceptors (Lipinski definition) is 4. The van der Waals surface area contributed by atoms with Crippen LogP contribution in [0.25, 0.3) is 11.3 Å². The first-order chi connectivity index (χ1) is 8.72. The number of ether oxygens (including phenoxy) is 2. The van der Waals surface area contributed by atoms with Gasteiger partial charge in [-0.3, -0.25) is 5.10 Å². The van der Waals surface area contributed by atoms with Crippen LogP contribution in [-0.4, -0.2) is 30.4 Å². The van der Waals surface area contributed by atoms with Crippen molar-refractivity contribution in [2.45, 2.75) is 0 Å². The van der Waals surface area contributed by atoms with Crippen LogP contribution >= 0.6 is 0 Å². The Bertz CT molecular complexity index is 545. The molecule has 6 nitrogen and oxygen atoms in total. The number of nitrogens with two attached hydrogens (primary N) is 1. The topological polar surface area (TPSA) is 85.5 Å². The zero-order valence-corrected chi connectivity index (χ0v) is 10.2. The lowest BCUT2D eigenvalue weighted by molar-refractivity contribution is 0.397. The number of amidine groups is 1. The molecule has 0 saturated carbocycles. The van der Waals surface area contributed by atoms with Gasteiger partial charge in [-0.1, -0.05) is 0 Å². The predicted molar refractivity (Wildman–Crippen MR) is 68.9 cm³/mol.